The van der Waals surface area contributed by atoms with Crippen molar-refractivity contribution in [2.75, 3.05) is 25.1 Å². The second-order valence-electron chi connectivity index (χ2n) is 7.03. The molecule has 2 aromatic carbocycles. The highest BCUT2D eigenvalue weighted by Gasteiger charge is 2.33. The van der Waals surface area contributed by atoms with E-state index in [0.717, 1.165) is 23.6 Å². The minimum Gasteiger partial charge on any atom is -0.497 e. The van der Waals surface area contributed by atoms with Gasteiger partial charge in [-0.3, -0.25) is 9.69 Å². The molecule has 0 unspecified atom stereocenters. The lowest BCUT2D eigenvalue weighted by Crippen LogP contribution is -2.56. The number of hydrogen-bond acceptors (Lipinski definition) is 4. The zero-order valence-corrected chi connectivity index (χ0v) is 16.0. The Hall–Kier alpha value is -3.05. The van der Waals surface area contributed by atoms with Crippen LogP contribution in [0, 0.1) is 0 Å². The van der Waals surface area contributed by atoms with Crippen molar-refractivity contribution in [1.29, 1.82) is 0 Å². The molecular weight excluding hydrogens is 352 g/mol. The van der Waals surface area contributed by atoms with Crippen LogP contribution >= 0.6 is 0 Å². The van der Waals surface area contributed by atoms with E-state index in [0.29, 0.717) is 19.6 Å². The molecule has 1 fully saturated rings. The van der Waals surface area contributed by atoms with Crippen LogP contribution in [0.4, 0.5) is 5.69 Å². The lowest BCUT2D eigenvalue weighted by atomic mass is 10.0. The smallest absolute Gasteiger partial charge is 0.241 e. The number of amides is 1. The summed E-state index contributed by atoms with van der Waals surface area (Å²) in [5.41, 5.74) is 2.14. The fourth-order valence-corrected chi connectivity index (χ4v) is 3.71. The highest BCUT2D eigenvalue weighted by Crippen LogP contribution is 2.26. The van der Waals surface area contributed by atoms with Gasteiger partial charge in [-0.1, -0.05) is 36.4 Å². The molecule has 144 valence electrons. The van der Waals surface area contributed by atoms with E-state index in [9.17, 15) is 4.79 Å². The van der Waals surface area contributed by atoms with Crippen LogP contribution in [0.15, 0.2) is 77.4 Å². The Bertz CT molecular complexity index is 909. The first-order chi connectivity index (χ1) is 13.7. The van der Waals surface area contributed by atoms with Crippen LogP contribution in [0.5, 0.6) is 5.75 Å². The Morgan fingerprint density at radius 3 is 2.68 bits per heavy atom. The Labute approximate surface area is 165 Å². The zero-order chi connectivity index (χ0) is 19.3. The molecule has 1 aliphatic rings. The number of hydrogen-bond donors (Lipinski definition) is 0. The quantitative estimate of drug-likeness (QED) is 0.657. The van der Waals surface area contributed by atoms with Gasteiger partial charge in [-0.15, -0.1) is 0 Å². The number of piperazine rings is 1. The molecule has 1 aromatic heterocycles. The second kappa shape index (κ2) is 8.31. The van der Waals surface area contributed by atoms with Gasteiger partial charge in [0.25, 0.3) is 0 Å². The van der Waals surface area contributed by atoms with Gasteiger partial charge >= 0.3 is 0 Å². The predicted octanol–water partition coefficient (Wildman–Crippen LogP) is 3.75. The Balaban J connectivity index is 1.59. The Morgan fingerprint density at radius 1 is 1.07 bits per heavy atom. The fraction of sp³-hybridized carbons (Fsp3) is 0.261. The van der Waals surface area contributed by atoms with E-state index in [1.807, 2.05) is 47.4 Å². The third-order valence-electron chi connectivity index (χ3n) is 5.17. The van der Waals surface area contributed by atoms with Crippen molar-refractivity contribution < 1.29 is 13.9 Å². The first-order valence-electron chi connectivity index (χ1n) is 9.47. The van der Waals surface area contributed by atoms with Crippen LogP contribution < -0.4 is 9.64 Å². The topological polar surface area (TPSA) is 45.9 Å². The van der Waals surface area contributed by atoms with Gasteiger partial charge in [0.15, 0.2) is 0 Å². The molecule has 3 aromatic rings. The maximum atomic E-state index is 12.9. The van der Waals surface area contributed by atoms with Gasteiger partial charge < -0.3 is 14.1 Å². The number of anilines is 1. The number of rotatable bonds is 6. The summed E-state index contributed by atoms with van der Waals surface area (Å²) in [5, 5.41) is 0. The van der Waals surface area contributed by atoms with Crippen molar-refractivity contribution in [3.8, 4) is 5.75 Å². The van der Waals surface area contributed by atoms with Crippen LogP contribution in [-0.4, -0.2) is 37.0 Å². The predicted molar refractivity (Wildman–Crippen MR) is 108 cm³/mol. The van der Waals surface area contributed by atoms with Gasteiger partial charge in [-0.2, -0.15) is 0 Å². The third kappa shape index (κ3) is 4.10. The van der Waals surface area contributed by atoms with E-state index in [1.54, 1.807) is 13.4 Å². The van der Waals surface area contributed by atoms with Crippen molar-refractivity contribution in [3.05, 3.63) is 84.3 Å². The van der Waals surface area contributed by atoms with Crippen molar-refractivity contribution in [2.24, 2.45) is 0 Å². The molecule has 0 bridgehead atoms. The van der Waals surface area contributed by atoms with Crippen LogP contribution in [0.1, 0.15) is 11.3 Å². The normalized spacial score (nSPS) is 17.7. The first-order valence-corrected chi connectivity index (χ1v) is 9.47. The largest absolute Gasteiger partial charge is 0.497 e. The van der Waals surface area contributed by atoms with E-state index < -0.39 is 0 Å². The number of carbonyl (C=O) groups excluding carboxylic acids is 1. The number of nitrogens with zero attached hydrogens (tertiary/aromatic N) is 2. The summed E-state index contributed by atoms with van der Waals surface area (Å²) in [6, 6.07) is 22.1. The molecule has 0 aliphatic carbocycles. The van der Waals surface area contributed by atoms with E-state index in [1.165, 1.54) is 5.56 Å². The minimum absolute atomic E-state index is 0.0871. The SMILES string of the molecule is COc1cccc(N2C[C@H](Cc3ccccc3)N(Cc3ccco3)CC2=O)c1. The lowest BCUT2D eigenvalue weighted by molar-refractivity contribution is -0.122. The molecule has 1 atom stereocenters. The van der Waals surface area contributed by atoms with Crippen molar-refractivity contribution in [2.45, 2.75) is 19.0 Å². The minimum atomic E-state index is 0.0871. The Kier molecular flexibility index (Phi) is 5.44. The highest BCUT2D eigenvalue weighted by atomic mass is 16.5. The van der Waals surface area contributed by atoms with Crippen LogP contribution in [0.25, 0.3) is 0 Å². The third-order valence-corrected chi connectivity index (χ3v) is 5.17. The summed E-state index contributed by atoms with van der Waals surface area (Å²) in [5.74, 6) is 1.72. The summed E-state index contributed by atoms with van der Waals surface area (Å²) in [6.07, 6.45) is 2.55. The number of carbonyl (C=O) groups is 1. The van der Waals surface area contributed by atoms with Gasteiger partial charge in [0.05, 0.1) is 26.5 Å². The van der Waals surface area contributed by atoms with Crippen LogP contribution in [0.3, 0.4) is 0 Å². The summed E-state index contributed by atoms with van der Waals surface area (Å²) >= 11 is 0. The maximum absolute atomic E-state index is 12.9. The maximum Gasteiger partial charge on any atom is 0.241 e. The molecule has 1 aliphatic heterocycles. The monoisotopic (exact) mass is 376 g/mol. The molecule has 4 rings (SSSR count). The van der Waals surface area contributed by atoms with Crippen molar-refractivity contribution >= 4 is 11.6 Å². The van der Waals surface area contributed by atoms with E-state index in [2.05, 4.69) is 29.2 Å². The molecule has 1 amide bonds. The van der Waals surface area contributed by atoms with Gasteiger partial charge in [-0.25, -0.2) is 0 Å². The summed E-state index contributed by atoms with van der Waals surface area (Å²) in [6.45, 7) is 1.61. The molecule has 5 heteroatoms. The number of benzene rings is 2. The molecule has 1 saturated heterocycles. The standard InChI is InChI=1S/C23H24N2O3/c1-27-21-10-5-9-19(14-21)25-15-20(13-18-7-3-2-4-8-18)24(17-23(25)26)16-22-11-6-12-28-22/h2-12,14,20H,13,15-17H2,1H3/t20-/m0/s1. The highest BCUT2D eigenvalue weighted by molar-refractivity contribution is 5.95. The number of furan rings is 1. The molecule has 0 saturated carbocycles. The van der Waals surface area contributed by atoms with E-state index in [-0.39, 0.29) is 11.9 Å². The van der Waals surface area contributed by atoms with E-state index >= 15 is 0 Å². The van der Waals surface area contributed by atoms with Crippen molar-refractivity contribution in [3.63, 3.8) is 0 Å². The summed E-state index contributed by atoms with van der Waals surface area (Å²) < 4.78 is 10.9. The number of methoxy groups -OCH3 is 1. The Morgan fingerprint density at radius 2 is 1.93 bits per heavy atom. The summed E-state index contributed by atoms with van der Waals surface area (Å²) in [7, 11) is 1.64. The average Bonchev–Trinajstić information content (AvgIpc) is 3.24. The van der Waals surface area contributed by atoms with E-state index in [4.69, 9.17) is 9.15 Å². The second-order valence-corrected chi connectivity index (χ2v) is 7.03. The molecule has 28 heavy (non-hydrogen) atoms. The first kappa shape index (κ1) is 18.3. The van der Waals surface area contributed by atoms with Gasteiger partial charge in [-0.05, 0) is 36.2 Å². The molecule has 0 spiro atoms. The molecule has 0 N–H and O–H groups in total. The van der Waals surface area contributed by atoms with Crippen LogP contribution in [-0.2, 0) is 17.8 Å². The lowest BCUT2D eigenvalue weighted by Gasteiger charge is -2.41. The van der Waals surface area contributed by atoms with Gasteiger partial charge in [0.2, 0.25) is 5.91 Å². The molecule has 5 nitrogen and oxygen atoms in total. The molecule has 0 radical (unpaired) electrons. The summed E-state index contributed by atoms with van der Waals surface area (Å²) in [4.78, 5) is 17.0. The molecular formula is C23H24N2O3. The molecule has 2 heterocycles. The van der Waals surface area contributed by atoms with Crippen molar-refractivity contribution in [1.82, 2.24) is 4.90 Å². The zero-order valence-electron chi connectivity index (χ0n) is 16.0. The van der Waals surface area contributed by atoms with Gasteiger partial charge in [0, 0.05) is 24.3 Å². The fourth-order valence-electron chi connectivity index (χ4n) is 3.71. The average molecular weight is 376 g/mol. The number of ether oxygens (including phenoxy) is 1. The van der Waals surface area contributed by atoms with Crippen LogP contribution in [0.2, 0.25) is 0 Å². The van der Waals surface area contributed by atoms with Gasteiger partial charge in [0.1, 0.15) is 11.5 Å².